The summed E-state index contributed by atoms with van der Waals surface area (Å²) in [7, 11) is -0.947. The third kappa shape index (κ3) is 4.33. The van der Waals surface area contributed by atoms with E-state index >= 15 is 0 Å². The first-order valence-corrected chi connectivity index (χ1v) is 7.76. The molecule has 2 fully saturated rings. The number of carbonyl (C=O) groups excluding carboxylic acids is 2. The number of allylic oxidation sites excluding steroid dienone is 1. The van der Waals surface area contributed by atoms with Gasteiger partial charge in [0.1, 0.15) is 0 Å². The van der Waals surface area contributed by atoms with Gasteiger partial charge in [-0.25, -0.2) is 0 Å². The quantitative estimate of drug-likeness (QED) is 0.745. The van der Waals surface area contributed by atoms with Crippen molar-refractivity contribution in [2.45, 2.75) is 52.0 Å². The normalized spacial score (nSPS) is 23.8. The van der Waals surface area contributed by atoms with Gasteiger partial charge in [0, 0.05) is 6.04 Å². The molecule has 0 amide bonds. The molecule has 1 atom stereocenters. The van der Waals surface area contributed by atoms with Crippen molar-refractivity contribution in [1.82, 2.24) is 4.90 Å². The predicted molar refractivity (Wildman–Crippen MR) is 80.4 cm³/mol. The second-order valence-corrected chi connectivity index (χ2v) is 6.20. The molecule has 6 heteroatoms. The number of hydrogen-bond donors (Lipinski definition) is 0. The van der Waals surface area contributed by atoms with E-state index in [-0.39, 0.29) is 31.1 Å². The fraction of sp³-hybridized carbons (Fsp3) is 0.733. The first-order valence-electron chi connectivity index (χ1n) is 7.76. The fourth-order valence-corrected chi connectivity index (χ4v) is 3.13. The summed E-state index contributed by atoms with van der Waals surface area (Å²) in [5.74, 6) is -0.188. The van der Waals surface area contributed by atoms with Crippen LogP contribution in [0.4, 0.5) is 0 Å². The summed E-state index contributed by atoms with van der Waals surface area (Å²) in [6.07, 6.45) is 6.07. The van der Waals surface area contributed by atoms with Crippen molar-refractivity contribution < 1.29 is 18.9 Å². The van der Waals surface area contributed by atoms with Crippen LogP contribution < -0.4 is 0 Å². The summed E-state index contributed by atoms with van der Waals surface area (Å²) >= 11 is 0. The molecule has 0 radical (unpaired) electrons. The highest BCUT2D eigenvalue weighted by atomic mass is 16.6. The number of rotatable bonds is 3. The minimum Gasteiger partial charge on any atom is -0.495 e. The van der Waals surface area contributed by atoms with Crippen molar-refractivity contribution in [3.8, 4) is 0 Å². The van der Waals surface area contributed by atoms with Gasteiger partial charge in [0.15, 0.2) is 0 Å². The van der Waals surface area contributed by atoms with Gasteiger partial charge in [-0.1, -0.05) is 19.3 Å². The van der Waals surface area contributed by atoms with E-state index in [0.29, 0.717) is 11.4 Å². The Balaban J connectivity index is 2.02. The summed E-state index contributed by atoms with van der Waals surface area (Å²) in [4.78, 5) is 25.8. The van der Waals surface area contributed by atoms with Crippen LogP contribution in [0.15, 0.2) is 12.1 Å². The molecule has 1 aliphatic carbocycles. The summed E-state index contributed by atoms with van der Waals surface area (Å²) in [6.45, 7) is 7.72. The third-order valence-corrected chi connectivity index (χ3v) is 4.45. The number of nitrogens with zero attached hydrogens (tertiary/aromatic N) is 1. The van der Waals surface area contributed by atoms with E-state index in [9.17, 15) is 9.59 Å². The van der Waals surface area contributed by atoms with Crippen molar-refractivity contribution >= 4 is 19.1 Å². The lowest BCUT2D eigenvalue weighted by Crippen LogP contribution is -2.49. The van der Waals surface area contributed by atoms with Gasteiger partial charge in [0.2, 0.25) is 0 Å². The molecule has 0 aromatic heterocycles. The molecule has 2 aliphatic rings. The Kier molecular flexibility index (Phi) is 5.45. The van der Waals surface area contributed by atoms with Gasteiger partial charge < -0.3 is 9.31 Å². The van der Waals surface area contributed by atoms with Crippen LogP contribution in [0.2, 0.25) is 0 Å². The maximum Gasteiger partial charge on any atom is 0.631 e. The largest absolute Gasteiger partial charge is 0.631 e. The molecular weight excluding hydrogens is 269 g/mol. The molecule has 0 aromatic carbocycles. The Morgan fingerprint density at radius 1 is 1.19 bits per heavy atom. The Labute approximate surface area is 126 Å². The lowest BCUT2D eigenvalue weighted by atomic mass is 9.80. The molecular formula is C15H24BNO4. The second-order valence-electron chi connectivity index (χ2n) is 6.20. The van der Waals surface area contributed by atoms with E-state index < -0.39 is 7.12 Å². The molecule has 1 unspecified atom stereocenters. The van der Waals surface area contributed by atoms with Crippen molar-refractivity contribution in [2.24, 2.45) is 5.92 Å². The van der Waals surface area contributed by atoms with Crippen LogP contribution in [0.5, 0.6) is 0 Å². The lowest BCUT2D eigenvalue weighted by molar-refractivity contribution is -0.147. The predicted octanol–water partition coefficient (Wildman–Crippen LogP) is 1.96. The van der Waals surface area contributed by atoms with Gasteiger partial charge in [-0.15, -0.1) is 6.58 Å². The van der Waals surface area contributed by atoms with Gasteiger partial charge in [0.05, 0.1) is 13.1 Å². The summed E-state index contributed by atoms with van der Waals surface area (Å²) < 4.78 is 10.3. The second kappa shape index (κ2) is 7.12. The molecule has 2 rings (SSSR count). The lowest BCUT2D eigenvalue weighted by Gasteiger charge is -2.36. The first-order chi connectivity index (χ1) is 9.97. The molecule has 116 valence electrons. The van der Waals surface area contributed by atoms with Gasteiger partial charge >= 0.3 is 19.1 Å². The Morgan fingerprint density at radius 3 is 2.19 bits per heavy atom. The van der Waals surface area contributed by atoms with Crippen LogP contribution in [-0.2, 0) is 18.9 Å². The van der Waals surface area contributed by atoms with Gasteiger partial charge in [-0.2, -0.15) is 0 Å². The SMILES string of the molecule is C=C(C)B1OC(=O)CN(C(C)C2CCCCC2)CC(=O)O1. The van der Waals surface area contributed by atoms with E-state index in [1.54, 1.807) is 6.92 Å². The Morgan fingerprint density at radius 2 is 1.71 bits per heavy atom. The average molecular weight is 293 g/mol. The zero-order valence-electron chi connectivity index (χ0n) is 13.0. The topological polar surface area (TPSA) is 55.8 Å². The van der Waals surface area contributed by atoms with Gasteiger partial charge in [-0.3, -0.25) is 14.5 Å². The molecule has 0 N–H and O–H groups in total. The minimum atomic E-state index is -0.947. The van der Waals surface area contributed by atoms with Crippen LogP contribution in [-0.4, -0.2) is 43.1 Å². The van der Waals surface area contributed by atoms with Crippen LogP contribution in [0.25, 0.3) is 0 Å². The minimum absolute atomic E-state index is 0.135. The monoisotopic (exact) mass is 293 g/mol. The maximum atomic E-state index is 12.0. The highest BCUT2D eigenvalue weighted by Gasteiger charge is 2.36. The molecule has 1 saturated carbocycles. The molecule has 0 bridgehead atoms. The van der Waals surface area contributed by atoms with Gasteiger partial charge in [0.25, 0.3) is 0 Å². The van der Waals surface area contributed by atoms with E-state index in [1.807, 2.05) is 4.90 Å². The molecule has 1 heterocycles. The van der Waals surface area contributed by atoms with E-state index in [0.717, 1.165) is 12.8 Å². The fourth-order valence-electron chi connectivity index (χ4n) is 3.13. The summed E-state index contributed by atoms with van der Waals surface area (Å²) in [5, 5.41) is 0. The average Bonchev–Trinajstić information content (AvgIpc) is 2.44. The van der Waals surface area contributed by atoms with Crippen LogP contribution in [0, 0.1) is 5.92 Å². The highest BCUT2D eigenvalue weighted by Crippen LogP contribution is 2.29. The standard InChI is InChI=1S/C15H24BNO4/c1-11(2)16-20-14(18)9-17(10-15(19)21-16)12(3)13-7-5-4-6-8-13/h12-13H,1,4-10H2,2-3H3. The molecule has 0 aromatic rings. The molecule has 5 nitrogen and oxygen atoms in total. The molecule has 1 aliphatic heterocycles. The van der Waals surface area contributed by atoms with Crippen molar-refractivity contribution in [2.75, 3.05) is 13.1 Å². The van der Waals surface area contributed by atoms with E-state index in [1.165, 1.54) is 19.3 Å². The Bertz CT molecular complexity index is 400. The van der Waals surface area contributed by atoms with Crippen LogP contribution in [0.1, 0.15) is 46.0 Å². The molecule has 0 spiro atoms. The highest BCUT2D eigenvalue weighted by molar-refractivity contribution is 6.57. The van der Waals surface area contributed by atoms with Crippen LogP contribution in [0.3, 0.4) is 0 Å². The maximum absolute atomic E-state index is 12.0. The zero-order chi connectivity index (χ0) is 15.4. The van der Waals surface area contributed by atoms with Gasteiger partial charge in [-0.05, 0) is 38.1 Å². The number of carbonyl (C=O) groups is 2. The third-order valence-electron chi connectivity index (χ3n) is 4.45. The summed E-state index contributed by atoms with van der Waals surface area (Å²) in [6, 6.07) is 0.187. The van der Waals surface area contributed by atoms with E-state index in [2.05, 4.69) is 13.5 Å². The summed E-state index contributed by atoms with van der Waals surface area (Å²) in [5.41, 5.74) is 0.519. The van der Waals surface area contributed by atoms with E-state index in [4.69, 9.17) is 9.31 Å². The molecule has 21 heavy (non-hydrogen) atoms. The first kappa shape index (κ1) is 16.1. The van der Waals surface area contributed by atoms with Crippen LogP contribution >= 0.6 is 0 Å². The zero-order valence-corrected chi connectivity index (χ0v) is 13.0. The smallest absolute Gasteiger partial charge is 0.495 e. The Hall–Kier alpha value is -1.30. The van der Waals surface area contributed by atoms with Crippen molar-refractivity contribution in [3.63, 3.8) is 0 Å². The number of hydrogen-bond acceptors (Lipinski definition) is 5. The molecule has 1 saturated heterocycles. The van der Waals surface area contributed by atoms with Crippen molar-refractivity contribution in [1.29, 1.82) is 0 Å². The van der Waals surface area contributed by atoms with Crippen molar-refractivity contribution in [3.05, 3.63) is 12.1 Å².